The zero-order chi connectivity index (χ0) is 21.5. The molecular weight excluding hydrogens is 378 g/mol. The molecule has 0 heterocycles. The van der Waals surface area contributed by atoms with Crippen LogP contribution in [0.3, 0.4) is 0 Å². The molecule has 3 aromatic rings. The number of likely N-dealkylation sites (N-methyl/N-ethyl adjacent to an activating group) is 1. The van der Waals surface area contributed by atoms with Crippen LogP contribution in [0.25, 0.3) is 10.8 Å². The molecule has 3 aromatic carbocycles. The zero-order valence-electron chi connectivity index (χ0n) is 17.5. The molecule has 0 aliphatic heterocycles. The first-order valence-electron chi connectivity index (χ1n) is 9.85. The normalized spacial score (nSPS) is 11.9. The Kier molecular flexibility index (Phi) is 7.03. The first-order valence-corrected chi connectivity index (χ1v) is 9.85. The summed E-state index contributed by atoms with van der Waals surface area (Å²) in [7, 11) is 3.34. The van der Waals surface area contributed by atoms with Crippen molar-refractivity contribution in [2.24, 2.45) is 0 Å². The second kappa shape index (κ2) is 9.89. The van der Waals surface area contributed by atoms with Crippen molar-refractivity contribution in [3.8, 4) is 5.75 Å². The molecule has 0 aromatic heterocycles. The SMILES string of the molecule is COc1ccc(NC(=O)CN(C)CC(=O)N[C@H](C)c2cccc3ccccc23)cc1. The van der Waals surface area contributed by atoms with Crippen LogP contribution in [-0.4, -0.2) is 44.0 Å². The summed E-state index contributed by atoms with van der Waals surface area (Å²) < 4.78 is 5.10. The quantitative estimate of drug-likeness (QED) is 0.601. The van der Waals surface area contributed by atoms with Crippen molar-refractivity contribution in [2.75, 3.05) is 32.6 Å². The van der Waals surface area contributed by atoms with Gasteiger partial charge in [-0.1, -0.05) is 42.5 Å². The molecule has 0 spiro atoms. The molecule has 0 saturated heterocycles. The van der Waals surface area contributed by atoms with Gasteiger partial charge in [0, 0.05) is 5.69 Å². The van der Waals surface area contributed by atoms with E-state index in [1.165, 1.54) is 0 Å². The number of rotatable bonds is 8. The van der Waals surface area contributed by atoms with Gasteiger partial charge in [-0.15, -0.1) is 0 Å². The molecule has 0 bridgehead atoms. The molecule has 0 unspecified atom stereocenters. The summed E-state index contributed by atoms with van der Waals surface area (Å²) in [5.41, 5.74) is 1.75. The number of ether oxygens (including phenoxy) is 1. The fourth-order valence-electron chi connectivity index (χ4n) is 3.41. The van der Waals surface area contributed by atoms with E-state index in [2.05, 4.69) is 28.8 Å². The first-order chi connectivity index (χ1) is 14.5. The minimum atomic E-state index is -0.183. The van der Waals surface area contributed by atoms with E-state index in [0.717, 1.165) is 22.1 Å². The molecule has 0 aliphatic rings. The van der Waals surface area contributed by atoms with Crippen LogP contribution in [0.5, 0.6) is 5.75 Å². The minimum absolute atomic E-state index is 0.113. The first kappa shape index (κ1) is 21.3. The maximum Gasteiger partial charge on any atom is 0.238 e. The number of fused-ring (bicyclic) bond motifs is 1. The predicted octanol–water partition coefficient (Wildman–Crippen LogP) is 3.60. The number of amides is 2. The molecule has 0 saturated carbocycles. The number of carbonyl (C=O) groups is 2. The molecule has 30 heavy (non-hydrogen) atoms. The van der Waals surface area contributed by atoms with Crippen molar-refractivity contribution in [2.45, 2.75) is 13.0 Å². The van der Waals surface area contributed by atoms with Gasteiger partial charge in [0.1, 0.15) is 5.75 Å². The number of carbonyl (C=O) groups excluding carboxylic acids is 2. The van der Waals surface area contributed by atoms with E-state index in [0.29, 0.717) is 5.69 Å². The smallest absolute Gasteiger partial charge is 0.238 e. The largest absolute Gasteiger partial charge is 0.497 e. The van der Waals surface area contributed by atoms with Gasteiger partial charge >= 0.3 is 0 Å². The van der Waals surface area contributed by atoms with Gasteiger partial charge in [-0.3, -0.25) is 14.5 Å². The van der Waals surface area contributed by atoms with Gasteiger partial charge in [0.15, 0.2) is 0 Å². The molecule has 6 nitrogen and oxygen atoms in total. The van der Waals surface area contributed by atoms with E-state index in [9.17, 15) is 9.59 Å². The molecule has 0 aliphatic carbocycles. The van der Waals surface area contributed by atoms with Gasteiger partial charge in [0.25, 0.3) is 0 Å². The monoisotopic (exact) mass is 405 g/mol. The van der Waals surface area contributed by atoms with Crippen LogP contribution >= 0.6 is 0 Å². The minimum Gasteiger partial charge on any atom is -0.497 e. The number of benzene rings is 3. The number of hydrogen-bond acceptors (Lipinski definition) is 4. The molecular formula is C24H27N3O3. The molecule has 1 atom stereocenters. The Labute approximate surface area is 176 Å². The molecule has 156 valence electrons. The highest BCUT2D eigenvalue weighted by atomic mass is 16.5. The maximum atomic E-state index is 12.5. The van der Waals surface area contributed by atoms with Crippen molar-refractivity contribution < 1.29 is 14.3 Å². The lowest BCUT2D eigenvalue weighted by atomic mass is 10.00. The topological polar surface area (TPSA) is 70.7 Å². The summed E-state index contributed by atoms with van der Waals surface area (Å²) in [4.78, 5) is 26.4. The van der Waals surface area contributed by atoms with Crippen LogP contribution in [0.4, 0.5) is 5.69 Å². The van der Waals surface area contributed by atoms with Crippen LogP contribution in [0.2, 0.25) is 0 Å². The average Bonchev–Trinajstić information content (AvgIpc) is 2.73. The van der Waals surface area contributed by atoms with Crippen molar-refractivity contribution in [3.63, 3.8) is 0 Å². The van der Waals surface area contributed by atoms with E-state index in [1.54, 1.807) is 43.3 Å². The Bertz CT molecular complexity index is 1010. The van der Waals surface area contributed by atoms with Crippen LogP contribution in [0.1, 0.15) is 18.5 Å². The van der Waals surface area contributed by atoms with Crippen LogP contribution in [-0.2, 0) is 9.59 Å². The third-order valence-electron chi connectivity index (χ3n) is 4.87. The number of nitrogens with one attached hydrogen (secondary N) is 2. The van der Waals surface area contributed by atoms with Crippen LogP contribution in [0.15, 0.2) is 66.7 Å². The molecule has 2 N–H and O–H groups in total. The van der Waals surface area contributed by atoms with Crippen molar-refractivity contribution in [3.05, 3.63) is 72.3 Å². The van der Waals surface area contributed by atoms with E-state index in [-0.39, 0.29) is 30.9 Å². The zero-order valence-corrected chi connectivity index (χ0v) is 17.5. The third-order valence-corrected chi connectivity index (χ3v) is 4.87. The Morgan fingerprint density at radius 3 is 2.33 bits per heavy atom. The second-order valence-corrected chi connectivity index (χ2v) is 7.31. The number of hydrogen-bond donors (Lipinski definition) is 2. The van der Waals surface area contributed by atoms with Crippen molar-refractivity contribution >= 4 is 28.3 Å². The molecule has 2 amide bonds. The molecule has 0 fully saturated rings. The second-order valence-electron chi connectivity index (χ2n) is 7.31. The van der Waals surface area contributed by atoms with Crippen molar-refractivity contribution in [1.29, 1.82) is 0 Å². The number of nitrogens with zero attached hydrogens (tertiary/aromatic N) is 1. The molecule has 6 heteroatoms. The van der Waals surface area contributed by atoms with Gasteiger partial charge in [-0.25, -0.2) is 0 Å². The van der Waals surface area contributed by atoms with E-state index < -0.39 is 0 Å². The lowest BCUT2D eigenvalue weighted by molar-refractivity contribution is -0.123. The van der Waals surface area contributed by atoms with Gasteiger partial charge in [-0.05, 0) is 54.6 Å². The average molecular weight is 405 g/mol. The molecule has 3 rings (SSSR count). The van der Waals surface area contributed by atoms with Crippen molar-refractivity contribution in [1.82, 2.24) is 10.2 Å². The van der Waals surface area contributed by atoms with E-state index in [1.807, 2.05) is 31.2 Å². The predicted molar refractivity (Wildman–Crippen MR) is 120 cm³/mol. The van der Waals surface area contributed by atoms with Gasteiger partial charge in [0.05, 0.1) is 26.2 Å². The molecule has 0 radical (unpaired) electrons. The Balaban J connectivity index is 1.51. The highest BCUT2D eigenvalue weighted by Gasteiger charge is 2.15. The number of anilines is 1. The summed E-state index contributed by atoms with van der Waals surface area (Å²) in [5.74, 6) is 0.412. The fourth-order valence-corrected chi connectivity index (χ4v) is 3.41. The highest BCUT2D eigenvalue weighted by Crippen LogP contribution is 2.24. The lowest BCUT2D eigenvalue weighted by Crippen LogP contribution is -2.39. The van der Waals surface area contributed by atoms with Crippen LogP contribution < -0.4 is 15.4 Å². The lowest BCUT2D eigenvalue weighted by Gasteiger charge is -2.20. The van der Waals surface area contributed by atoms with E-state index >= 15 is 0 Å². The van der Waals surface area contributed by atoms with Gasteiger partial charge in [-0.2, -0.15) is 0 Å². The third kappa shape index (κ3) is 5.58. The summed E-state index contributed by atoms with van der Waals surface area (Å²) >= 11 is 0. The Morgan fingerprint density at radius 1 is 0.933 bits per heavy atom. The highest BCUT2D eigenvalue weighted by molar-refractivity contribution is 5.92. The van der Waals surface area contributed by atoms with E-state index in [4.69, 9.17) is 4.74 Å². The Morgan fingerprint density at radius 2 is 1.60 bits per heavy atom. The van der Waals surface area contributed by atoms with Gasteiger partial charge < -0.3 is 15.4 Å². The summed E-state index contributed by atoms with van der Waals surface area (Å²) in [6.45, 7) is 2.21. The summed E-state index contributed by atoms with van der Waals surface area (Å²) in [6.07, 6.45) is 0. The van der Waals surface area contributed by atoms with Crippen LogP contribution in [0, 0.1) is 0 Å². The summed E-state index contributed by atoms with van der Waals surface area (Å²) in [6, 6.07) is 21.2. The standard InChI is InChI=1S/C24H27N3O3/c1-17(21-10-6-8-18-7-4-5-9-22(18)21)25-23(28)15-27(2)16-24(29)26-19-11-13-20(30-3)14-12-19/h4-14,17H,15-16H2,1-3H3,(H,25,28)(H,26,29)/t17-/m1/s1. The Hall–Kier alpha value is -3.38. The fraction of sp³-hybridized carbons (Fsp3) is 0.250. The summed E-state index contributed by atoms with van der Waals surface area (Å²) in [5, 5.41) is 8.11. The maximum absolute atomic E-state index is 12.5. The number of methoxy groups -OCH3 is 1. The van der Waals surface area contributed by atoms with Gasteiger partial charge in [0.2, 0.25) is 11.8 Å².